The maximum absolute atomic E-state index is 8.69. The van der Waals surface area contributed by atoms with Gasteiger partial charge in [-0.15, -0.1) is 0 Å². The number of nitrogens with one attached hydrogen (secondary N) is 1. The van der Waals surface area contributed by atoms with Crippen molar-refractivity contribution >= 4 is 0 Å². The van der Waals surface area contributed by atoms with E-state index in [0.29, 0.717) is 13.2 Å². The Morgan fingerprint density at radius 3 is 2.10 bits per heavy atom. The minimum atomic E-state index is 0.0785. The van der Waals surface area contributed by atoms with E-state index in [-0.39, 0.29) is 12.6 Å². The first-order valence-electron chi connectivity index (χ1n) is 7.02. The molecule has 3 nitrogen and oxygen atoms in total. The predicted octanol–water partition coefficient (Wildman–Crippen LogP) is 2.35. The van der Waals surface area contributed by atoms with Gasteiger partial charge in [0, 0.05) is 6.54 Å². The molecule has 3 heteroatoms. The summed E-state index contributed by atoms with van der Waals surface area (Å²) in [7, 11) is 0. The molecule has 0 fully saturated rings. The first kappa shape index (κ1) is 13.3. The van der Waals surface area contributed by atoms with Gasteiger partial charge in [0.15, 0.2) is 0 Å². The number of benzene rings is 2. The molecule has 0 saturated carbocycles. The van der Waals surface area contributed by atoms with Gasteiger partial charge in [-0.25, -0.2) is 0 Å². The first-order valence-corrected chi connectivity index (χ1v) is 7.02. The summed E-state index contributed by atoms with van der Waals surface area (Å²) in [5, 5.41) is 12.2. The van der Waals surface area contributed by atoms with Crippen LogP contribution < -0.4 is 5.32 Å². The molecular weight excluding hydrogens is 250 g/mol. The molecule has 0 unspecified atom stereocenters. The van der Waals surface area contributed by atoms with E-state index in [2.05, 4.69) is 53.8 Å². The Morgan fingerprint density at radius 1 is 0.900 bits per heavy atom. The van der Waals surface area contributed by atoms with Crippen LogP contribution in [0.1, 0.15) is 17.2 Å². The van der Waals surface area contributed by atoms with Crippen LogP contribution >= 0.6 is 0 Å². The molecule has 20 heavy (non-hydrogen) atoms. The number of aliphatic hydroxyl groups excluding tert-OH is 1. The lowest BCUT2D eigenvalue weighted by Gasteiger charge is -2.15. The van der Waals surface area contributed by atoms with E-state index in [1.807, 2.05) is 0 Å². The van der Waals surface area contributed by atoms with Crippen LogP contribution in [0.15, 0.2) is 48.5 Å². The van der Waals surface area contributed by atoms with Gasteiger partial charge in [-0.2, -0.15) is 0 Å². The second-order valence-corrected chi connectivity index (χ2v) is 4.90. The summed E-state index contributed by atoms with van der Waals surface area (Å²) in [6.45, 7) is 1.86. The molecule has 0 amide bonds. The Morgan fingerprint density at radius 2 is 1.50 bits per heavy atom. The molecule has 3 rings (SSSR count). The zero-order valence-corrected chi connectivity index (χ0v) is 11.4. The van der Waals surface area contributed by atoms with Crippen LogP contribution in [0, 0.1) is 0 Å². The summed E-state index contributed by atoms with van der Waals surface area (Å²) in [5.74, 6) is 0. The van der Waals surface area contributed by atoms with Crippen molar-refractivity contribution in [2.45, 2.75) is 6.04 Å². The van der Waals surface area contributed by atoms with Crippen LogP contribution in [0.25, 0.3) is 11.1 Å². The van der Waals surface area contributed by atoms with Crippen molar-refractivity contribution in [3.63, 3.8) is 0 Å². The number of hydrogen-bond donors (Lipinski definition) is 2. The average Bonchev–Trinajstić information content (AvgIpc) is 2.82. The van der Waals surface area contributed by atoms with Gasteiger partial charge in [0.1, 0.15) is 0 Å². The maximum atomic E-state index is 8.69. The Bertz CT molecular complexity index is 537. The fourth-order valence-electron chi connectivity index (χ4n) is 2.82. The minimum Gasteiger partial charge on any atom is -0.394 e. The molecule has 1 aliphatic rings. The lowest BCUT2D eigenvalue weighted by atomic mass is 10.1. The van der Waals surface area contributed by atoms with Gasteiger partial charge in [0.25, 0.3) is 0 Å². The first-order chi connectivity index (χ1) is 9.92. The zero-order chi connectivity index (χ0) is 13.8. The van der Waals surface area contributed by atoms with Gasteiger partial charge in [-0.1, -0.05) is 48.5 Å². The van der Waals surface area contributed by atoms with Crippen LogP contribution in [0.4, 0.5) is 0 Å². The summed E-state index contributed by atoms with van der Waals surface area (Å²) >= 11 is 0. The predicted molar refractivity (Wildman–Crippen MR) is 79.6 cm³/mol. The second kappa shape index (κ2) is 6.18. The van der Waals surface area contributed by atoms with E-state index in [4.69, 9.17) is 9.84 Å². The molecular formula is C17H19NO2. The summed E-state index contributed by atoms with van der Waals surface area (Å²) < 4.78 is 5.31. The van der Waals surface area contributed by atoms with Crippen molar-refractivity contribution in [2.24, 2.45) is 0 Å². The number of aliphatic hydroxyl groups is 1. The molecule has 104 valence electrons. The summed E-state index contributed by atoms with van der Waals surface area (Å²) in [6.07, 6.45) is 0. The van der Waals surface area contributed by atoms with Crippen LogP contribution in [0.5, 0.6) is 0 Å². The minimum absolute atomic E-state index is 0.0785. The molecule has 0 aliphatic heterocycles. The smallest absolute Gasteiger partial charge is 0.0698 e. The van der Waals surface area contributed by atoms with E-state index in [0.717, 1.165) is 6.54 Å². The topological polar surface area (TPSA) is 41.5 Å². The number of ether oxygens (including phenoxy) is 1. The van der Waals surface area contributed by atoms with E-state index in [1.165, 1.54) is 22.3 Å². The van der Waals surface area contributed by atoms with Crippen molar-refractivity contribution < 1.29 is 9.84 Å². The standard InChI is InChI=1S/C17H19NO2/c19-10-12-20-11-9-18-17-15-7-3-1-5-13(15)14-6-2-4-8-16(14)17/h1-8,17-19H,9-12H2. The van der Waals surface area contributed by atoms with Gasteiger partial charge in [-0.3, -0.25) is 0 Å². The van der Waals surface area contributed by atoms with Gasteiger partial charge < -0.3 is 15.2 Å². The number of hydrogen-bond acceptors (Lipinski definition) is 3. The fraction of sp³-hybridized carbons (Fsp3) is 0.294. The van der Waals surface area contributed by atoms with Crippen molar-refractivity contribution in [3.8, 4) is 11.1 Å². The van der Waals surface area contributed by atoms with Gasteiger partial charge in [0.2, 0.25) is 0 Å². The molecule has 1 aliphatic carbocycles. The average molecular weight is 269 g/mol. The summed E-state index contributed by atoms with van der Waals surface area (Å²) in [4.78, 5) is 0. The highest BCUT2D eigenvalue weighted by atomic mass is 16.5. The number of rotatable bonds is 6. The highest BCUT2D eigenvalue weighted by Crippen LogP contribution is 2.42. The molecule has 2 aromatic rings. The normalized spacial score (nSPS) is 13.2. The Kier molecular flexibility index (Phi) is 4.11. The summed E-state index contributed by atoms with van der Waals surface area (Å²) in [6, 6.07) is 17.3. The van der Waals surface area contributed by atoms with Gasteiger partial charge in [-0.05, 0) is 22.3 Å². The number of fused-ring (bicyclic) bond motifs is 3. The van der Waals surface area contributed by atoms with Crippen LogP contribution in [0.2, 0.25) is 0 Å². The fourth-order valence-corrected chi connectivity index (χ4v) is 2.82. The van der Waals surface area contributed by atoms with Crippen molar-refractivity contribution in [1.29, 1.82) is 0 Å². The van der Waals surface area contributed by atoms with E-state index in [1.54, 1.807) is 0 Å². The third-order valence-corrected chi connectivity index (χ3v) is 3.66. The molecule has 0 aromatic heterocycles. The molecule has 0 bridgehead atoms. The lowest BCUT2D eigenvalue weighted by molar-refractivity contribution is 0.0932. The Hall–Kier alpha value is -1.68. The summed E-state index contributed by atoms with van der Waals surface area (Å²) in [5.41, 5.74) is 5.29. The van der Waals surface area contributed by atoms with Crippen molar-refractivity contribution in [2.75, 3.05) is 26.4 Å². The maximum Gasteiger partial charge on any atom is 0.0698 e. The lowest BCUT2D eigenvalue weighted by Crippen LogP contribution is -2.25. The van der Waals surface area contributed by atoms with Crippen LogP contribution in [-0.2, 0) is 4.74 Å². The zero-order valence-electron chi connectivity index (χ0n) is 11.4. The molecule has 0 heterocycles. The molecule has 2 aromatic carbocycles. The van der Waals surface area contributed by atoms with Gasteiger partial charge in [0.05, 0.1) is 25.9 Å². The SMILES string of the molecule is OCCOCCNC1c2ccccc2-c2ccccc21. The molecule has 2 N–H and O–H groups in total. The molecule has 0 spiro atoms. The second-order valence-electron chi connectivity index (χ2n) is 4.90. The monoisotopic (exact) mass is 269 g/mol. The quantitative estimate of drug-likeness (QED) is 0.791. The van der Waals surface area contributed by atoms with E-state index >= 15 is 0 Å². The Balaban J connectivity index is 1.77. The van der Waals surface area contributed by atoms with E-state index in [9.17, 15) is 0 Å². The van der Waals surface area contributed by atoms with E-state index < -0.39 is 0 Å². The third kappa shape index (κ3) is 2.48. The molecule has 0 atom stereocenters. The third-order valence-electron chi connectivity index (χ3n) is 3.66. The highest BCUT2D eigenvalue weighted by Gasteiger charge is 2.27. The van der Waals surface area contributed by atoms with Crippen LogP contribution in [0.3, 0.4) is 0 Å². The largest absolute Gasteiger partial charge is 0.394 e. The van der Waals surface area contributed by atoms with Gasteiger partial charge >= 0.3 is 0 Å². The molecule has 0 saturated heterocycles. The van der Waals surface area contributed by atoms with Crippen molar-refractivity contribution in [1.82, 2.24) is 5.32 Å². The molecule has 0 radical (unpaired) electrons. The van der Waals surface area contributed by atoms with Crippen molar-refractivity contribution in [3.05, 3.63) is 59.7 Å². The van der Waals surface area contributed by atoms with Crippen LogP contribution in [-0.4, -0.2) is 31.5 Å². The Labute approximate surface area is 119 Å². The highest BCUT2D eigenvalue weighted by molar-refractivity contribution is 5.78.